The molecular formula is C17H12F3NO2. The molecule has 0 heterocycles. The normalized spacial score (nSPS) is 11.0. The lowest BCUT2D eigenvalue weighted by Crippen LogP contribution is -1.95. The van der Waals surface area contributed by atoms with E-state index in [1.54, 1.807) is 12.1 Å². The molecule has 3 nitrogen and oxygen atoms in total. The topological polar surface area (TPSA) is 42.2 Å². The van der Waals surface area contributed by atoms with Crippen molar-refractivity contribution in [2.45, 2.75) is 0 Å². The highest BCUT2D eigenvalue weighted by molar-refractivity contribution is 5.90. The van der Waals surface area contributed by atoms with Crippen LogP contribution in [0.2, 0.25) is 0 Å². The second kappa shape index (κ2) is 6.88. The molecular weight excluding hydrogens is 307 g/mol. The number of allylic oxidation sites excluding steroid dienone is 1. The molecule has 2 rings (SSSR count). The summed E-state index contributed by atoms with van der Waals surface area (Å²) in [4.78, 5) is 0. The zero-order valence-corrected chi connectivity index (χ0v) is 12.4. The zero-order chi connectivity index (χ0) is 17.0. The molecule has 2 aromatic rings. The molecule has 0 atom stereocenters. The number of rotatable bonds is 4. The van der Waals surface area contributed by atoms with Crippen molar-refractivity contribution >= 4 is 11.6 Å². The summed E-state index contributed by atoms with van der Waals surface area (Å²) in [6, 6.07) is 8.45. The molecule has 23 heavy (non-hydrogen) atoms. The summed E-state index contributed by atoms with van der Waals surface area (Å²) in [6.45, 7) is 0. The van der Waals surface area contributed by atoms with Crippen LogP contribution in [0.1, 0.15) is 11.1 Å². The third kappa shape index (κ3) is 3.29. The molecule has 0 unspecified atom stereocenters. The zero-order valence-electron chi connectivity index (χ0n) is 12.4. The highest BCUT2D eigenvalue weighted by atomic mass is 19.2. The summed E-state index contributed by atoms with van der Waals surface area (Å²) >= 11 is 0. The van der Waals surface area contributed by atoms with Crippen molar-refractivity contribution in [2.24, 2.45) is 0 Å². The van der Waals surface area contributed by atoms with Gasteiger partial charge in [0.2, 0.25) is 0 Å². The summed E-state index contributed by atoms with van der Waals surface area (Å²) in [5.41, 5.74) is 0.264. The molecule has 0 aliphatic rings. The van der Waals surface area contributed by atoms with E-state index in [0.29, 0.717) is 17.1 Å². The Hall–Kier alpha value is -2.94. The Kier molecular flexibility index (Phi) is 4.91. The molecule has 2 aromatic carbocycles. The minimum atomic E-state index is -1.58. The number of hydrogen-bond donors (Lipinski definition) is 0. The summed E-state index contributed by atoms with van der Waals surface area (Å²) < 4.78 is 50.2. The Morgan fingerprint density at radius 3 is 2.30 bits per heavy atom. The van der Waals surface area contributed by atoms with Gasteiger partial charge in [0.05, 0.1) is 25.9 Å². The first-order valence-electron chi connectivity index (χ1n) is 6.49. The van der Waals surface area contributed by atoms with Crippen molar-refractivity contribution in [3.63, 3.8) is 0 Å². The number of nitrogens with zero attached hydrogens (tertiary/aromatic N) is 1. The molecule has 0 spiro atoms. The van der Waals surface area contributed by atoms with Crippen LogP contribution in [-0.4, -0.2) is 14.2 Å². The van der Waals surface area contributed by atoms with Gasteiger partial charge in [0.25, 0.3) is 0 Å². The summed E-state index contributed by atoms with van der Waals surface area (Å²) in [5.74, 6) is -3.37. The summed E-state index contributed by atoms with van der Waals surface area (Å²) in [7, 11) is 2.90. The molecule has 0 N–H and O–H groups in total. The van der Waals surface area contributed by atoms with Crippen molar-refractivity contribution in [1.82, 2.24) is 0 Å². The monoisotopic (exact) mass is 319 g/mol. The van der Waals surface area contributed by atoms with Crippen LogP contribution in [0.15, 0.2) is 30.3 Å². The van der Waals surface area contributed by atoms with Crippen molar-refractivity contribution in [3.8, 4) is 17.6 Å². The number of benzene rings is 2. The molecule has 0 aromatic heterocycles. The van der Waals surface area contributed by atoms with E-state index in [9.17, 15) is 18.4 Å². The van der Waals surface area contributed by atoms with E-state index in [2.05, 4.69) is 0 Å². The van der Waals surface area contributed by atoms with Crippen LogP contribution < -0.4 is 9.47 Å². The van der Waals surface area contributed by atoms with Gasteiger partial charge in [-0.15, -0.1) is 0 Å². The SMILES string of the molecule is COc1ccc(C(C#N)=Cc2ccc(F)c(F)c2F)cc1OC. The molecule has 6 heteroatoms. The van der Waals surface area contributed by atoms with Crippen LogP contribution in [0.4, 0.5) is 13.2 Å². The van der Waals surface area contributed by atoms with E-state index in [-0.39, 0.29) is 11.1 Å². The third-order valence-corrected chi connectivity index (χ3v) is 3.18. The second-order valence-electron chi connectivity index (χ2n) is 4.50. The maximum Gasteiger partial charge on any atom is 0.195 e. The molecule has 0 amide bonds. The van der Waals surface area contributed by atoms with Crippen LogP contribution in [0, 0.1) is 28.8 Å². The molecule has 0 aliphatic heterocycles. The standard InChI is InChI=1S/C17H12F3NO2/c1-22-14-6-4-10(8-15(14)23-2)12(9-21)7-11-3-5-13(18)17(20)16(11)19/h3-8H,1-2H3. The van der Waals surface area contributed by atoms with Gasteiger partial charge in [-0.3, -0.25) is 0 Å². The number of methoxy groups -OCH3 is 2. The predicted molar refractivity (Wildman–Crippen MR) is 79.3 cm³/mol. The highest BCUT2D eigenvalue weighted by Gasteiger charge is 2.14. The van der Waals surface area contributed by atoms with Gasteiger partial charge in [-0.25, -0.2) is 13.2 Å². The summed E-state index contributed by atoms with van der Waals surface area (Å²) in [6.07, 6.45) is 1.14. The molecule has 0 fully saturated rings. The van der Waals surface area contributed by atoms with Crippen molar-refractivity contribution in [1.29, 1.82) is 5.26 Å². The van der Waals surface area contributed by atoms with E-state index >= 15 is 0 Å². The van der Waals surface area contributed by atoms with Gasteiger partial charge in [-0.2, -0.15) is 5.26 Å². The minimum Gasteiger partial charge on any atom is -0.493 e. The van der Waals surface area contributed by atoms with Crippen LogP contribution in [-0.2, 0) is 0 Å². The number of nitriles is 1. The Balaban J connectivity index is 2.53. The van der Waals surface area contributed by atoms with E-state index in [4.69, 9.17) is 9.47 Å². The van der Waals surface area contributed by atoms with Crippen molar-refractivity contribution in [3.05, 3.63) is 58.9 Å². The first-order valence-corrected chi connectivity index (χ1v) is 6.49. The molecule has 0 saturated carbocycles. The summed E-state index contributed by atoms with van der Waals surface area (Å²) in [5, 5.41) is 9.27. The molecule has 0 bridgehead atoms. The van der Waals surface area contributed by atoms with Gasteiger partial charge in [0, 0.05) is 5.56 Å². The van der Waals surface area contributed by atoms with Gasteiger partial charge < -0.3 is 9.47 Å². The van der Waals surface area contributed by atoms with E-state index in [0.717, 1.165) is 18.2 Å². The Bertz CT molecular complexity index is 810. The Morgan fingerprint density at radius 2 is 1.70 bits per heavy atom. The van der Waals surface area contributed by atoms with E-state index in [1.165, 1.54) is 20.3 Å². The third-order valence-electron chi connectivity index (χ3n) is 3.18. The lowest BCUT2D eigenvalue weighted by Gasteiger charge is -2.09. The van der Waals surface area contributed by atoms with Gasteiger partial charge >= 0.3 is 0 Å². The van der Waals surface area contributed by atoms with Crippen LogP contribution in [0.25, 0.3) is 11.6 Å². The van der Waals surface area contributed by atoms with Crippen molar-refractivity contribution < 1.29 is 22.6 Å². The smallest absolute Gasteiger partial charge is 0.195 e. The van der Waals surface area contributed by atoms with Gasteiger partial charge in [0.1, 0.15) is 0 Å². The maximum absolute atomic E-state index is 13.7. The fraction of sp³-hybridized carbons (Fsp3) is 0.118. The average molecular weight is 319 g/mol. The number of ether oxygens (including phenoxy) is 2. The highest BCUT2D eigenvalue weighted by Crippen LogP contribution is 2.31. The van der Waals surface area contributed by atoms with Gasteiger partial charge in [-0.05, 0) is 42.0 Å². The van der Waals surface area contributed by atoms with Crippen molar-refractivity contribution in [2.75, 3.05) is 14.2 Å². The fourth-order valence-corrected chi connectivity index (χ4v) is 1.99. The predicted octanol–water partition coefficient (Wildman–Crippen LogP) is 4.19. The lowest BCUT2D eigenvalue weighted by atomic mass is 10.0. The minimum absolute atomic E-state index is 0.0656. The van der Waals surface area contributed by atoms with Crippen LogP contribution in [0.3, 0.4) is 0 Å². The molecule has 118 valence electrons. The number of halogens is 3. The first kappa shape index (κ1) is 16.4. The second-order valence-corrected chi connectivity index (χ2v) is 4.50. The largest absolute Gasteiger partial charge is 0.493 e. The van der Waals surface area contributed by atoms with Gasteiger partial charge in [-0.1, -0.05) is 0 Å². The first-order chi connectivity index (χ1) is 11.0. The molecule has 0 radical (unpaired) electrons. The quantitative estimate of drug-likeness (QED) is 0.482. The van der Waals surface area contributed by atoms with Crippen LogP contribution in [0.5, 0.6) is 11.5 Å². The van der Waals surface area contributed by atoms with Gasteiger partial charge in [0.15, 0.2) is 29.0 Å². The maximum atomic E-state index is 13.7. The molecule has 0 aliphatic carbocycles. The number of hydrogen-bond acceptors (Lipinski definition) is 3. The lowest BCUT2D eigenvalue weighted by molar-refractivity contribution is 0.355. The molecule has 0 saturated heterocycles. The Morgan fingerprint density at radius 1 is 1.00 bits per heavy atom. The Labute approximate surface area is 131 Å². The van der Waals surface area contributed by atoms with E-state index < -0.39 is 17.5 Å². The van der Waals surface area contributed by atoms with Crippen LogP contribution >= 0.6 is 0 Å². The average Bonchev–Trinajstić information content (AvgIpc) is 2.58. The fourth-order valence-electron chi connectivity index (χ4n) is 1.99. The van der Waals surface area contributed by atoms with E-state index in [1.807, 2.05) is 6.07 Å².